The van der Waals surface area contributed by atoms with Crippen molar-refractivity contribution in [1.29, 1.82) is 0 Å². The summed E-state index contributed by atoms with van der Waals surface area (Å²) in [5.41, 5.74) is 0.0346. The summed E-state index contributed by atoms with van der Waals surface area (Å²) in [6.07, 6.45) is 1.68. The van der Waals surface area contributed by atoms with Crippen molar-refractivity contribution in [3.8, 4) is 0 Å². The third-order valence-electron chi connectivity index (χ3n) is 2.33. The van der Waals surface area contributed by atoms with E-state index in [9.17, 15) is 9.59 Å². The number of pyridine rings is 1. The molecule has 0 spiro atoms. The highest BCUT2D eigenvalue weighted by molar-refractivity contribution is 5.32. The van der Waals surface area contributed by atoms with Crippen LogP contribution < -0.4 is 16.6 Å². The van der Waals surface area contributed by atoms with E-state index in [0.717, 1.165) is 10.3 Å². The zero-order valence-corrected chi connectivity index (χ0v) is 9.30. The molecule has 0 aliphatic heterocycles. The van der Waals surface area contributed by atoms with E-state index in [2.05, 4.69) is 15.3 Å². The lowest BCUT2D eigenvalue weighted by atomic mass is 10.3. The number of nitrogens with one attached hydrogen (secondary N) is 2. The van der Waals surface area contributed by atoms with E-state index in [1.54, 1.807) is 6.20 Å². The SMILES string of the molecule is Cn1c(=O)cc(NCc2ccccn2)[nH]c1=O. The van der Waals surface area contributed by atoms with Crippen LogP contribution >= 0.6 is 0 Å². The second-order valence-corrected chi connectivity index (χ2v) is 3.56. The minimum Gasteiger partial charge on any atom is -0.366 e. The number of aromatic nitrogens is 3. The molecule has 88 valence electrons. The minimum absolute atomic E-state index is 0.350. The summed E-state index contributed by atoms with van der Waals surface area (Å²) < 4.78 is 1.01. The number of rotatable bonds is 3. The van der Waals surface area contributed by atoms with Crippen LogP contribution in [0, 0.1) is 0 Å². The van der Waals surface area contributed by atoms with Crippen molar-refractivity contribution in [2.45, 2.75) is 6.54 Å². The van der Waals surface area contributed by atoms with Gasteiger partial charge in [0.25, 0.3) is 5.56 Å². The zero-order valence-electron chi connectivity index (χ0n) is 9.30. The van der Waals surface area contributed by atoms with Crippen LogP contribution in [0.1, 0.15) is 5.69 Å². The summed E-state index contributed by atoms with van der Waals surface area (Å²) >= 11 is 0. The zero-order chi connectivity index (χ0) is 12.3. The average molecular weight is 232 g/mol. The molecule has 0 fully saturated rings. The molecule has 2 N–H and O–H groups in total. The molecule has 6 nitrogen and oxygen atoms in total. The van der Waals surface area contributed by atoms with Gasteiger partial charge in [0.1, 0.15) is 5.82 Å². The topological polar surface area (TPSA) is 79.8 Å². The number of aromatic amines is 1. The van der Waals surface area contributed by atoms with Crippen LogP contribution in [0.2, 0.25) is 0 Å². The van der Waals surface area contributed by atoms with E-state index >= 15 is 0 Å². The Balaban J connectivity index is 2.16. The Morgan fingerprint density at radius 1 is 1.41 bits per heavy atom. The Morgan fingerprint density at radius 3 is 2.88 bits per heavy atom. The van der Waals surface area contributed by atoms with Gasteiger partial charge in [0.15, 0.2) is 0 Å². The fourth-order valence-electron chi connectivity index (χ4n) is 1.34. The molecule has 0 saturated carbocycles. The van der Waals surface area contributed by atoms with E-state index in [-0.39, 0.29) is 5.56 Å². The van der Waals surface area contributed by atoms with Crippen molar-refractivity contribution < 1.29 is 0 Å². The lowest BCUT2D eigenvalue weighted by Crippen LogP contribution is -2.32. The quantitative estimate of drug-likeness (QED) is 0.785. The third-order valence-corrected chi connectivity index (χ3v) is 2.33. The number of hydrogen-bond donors (Lipinski definition) is 2. The summed E-state index contributed by atoms with van der Waals surface area (Å²) in [6.45, 7) is 0.448. The number of hydrogen-bond acceptors (Lipinski definition) is 4. The van der Waals surface area contributed by atoms with E-state index in [0.29, 0.717) is 12.4 Å². The molecule has 0 amide bonds. The van der Waals surface area contributed by atoms with Crippen LogP contribution in [0.5, 0.6) is 0 Å². The van der Waals surface area contributed by atoms with Crippen molar-refractivity contribution in [1.82, 2.24) is 14.5 Å². The Hall–Kier alpha value is -2.37. The highest BCUT2D eigenvalue weighted by Gasteiger charge is 2.00. The molecule has 0 saturated heterocycles. The van der Waals surface area contributed by atoms with Crippen LogP contribution in [-0.4, -0.2) is 14.5 Å². The van der Waals surface area contributed by atoms with Gasteiger partial charge >= 0.3 is 5.69 Å². The van der Waals surface area contributed by atoms with Gasteiger partial charge < -0.3 is 5.32 Å². The molecule has 2 aromatic heterocycles. The van der Waals surface area contributed by atoms with E-state index in [1.165, 1.54) is 13.1 Å². The van der Waals surface area contributed by atoms with Gasteiger partial charge in [-0.15, -0.1) is 0 Å². The van der Waals surface area contributed by atoms with Crippen LogP contribution in [-0.2, 0) is 13.6 Å². The smallest absolute Gasteiger partial charge is 0.329 e. The molecular weight excluding hydrogens is 220 g/mol. The van der Waals surface area contributed by atoms with Gasteiger partial charge in [0.2, 0.25) is 0 Å². The van der Waals surface area contributed by atoms with Crippen LogP contribution in [0.25, 0.3) is 0 Å². The molecular formula is C11H12N4O2. The van der Waals surface area contributed by atoms with E-state index in [4.69, 9.17) is 0 Å². The number of nitrogens with zero attached hydrogens (tertiary/aromatic N) is 2. The fraction of sp³-hybridized carbons (Fsp3) is 0.182. The van der Waals surface area contributed by atoms with E-state index < -0.39 is 5.69 Å². The number of anilines is 1. The maximum Gasteiger partial charge on any atom is 0.329 e. The Labute approximate surface area is 97.0 Å². The van der Waals surface area contributed by atoms with Crippen LogP contribution in [0.3, 0.4) is 0 Å². The van der Waals surface area contributed by atoms with Gasteiger partial charge in [-0.05, 0) is 12.1 Å². The predicted molar refractivity (Wildman–Crippen MR) is 63.9 cm³/mol. The van der Waals surface area contributed by atoms with Gasteiger partial charge in [-0.2, -0.15) is 0 Å². The predicted octanol–water partition coefficient (Wildman–Crippen LogP) is 0.0807. The van der Waals surface area contributed by atoms with Gasteiger partial charge in [0.05, 0.1) is 12.2 Å². The fourth-order valence-corrected chi connectivity index (χ4v) is 1.34. The van der Waals surface area contributed by atoms with Crippen molar-refractivity contribution in [2.24, 2.45) is 7.05 Å². The summed E-state index contributed by atoms with van der Waals surface area (Å²) in [5.74, 6) is 0.392. The summed E-state index contributed by atoms with van der Waals surface area (Å²) in [6, 6.07) is 6.89. The molecule has 0 bridgehead atoms. The first-order valence-corrected chi connectivity index (χ1v) is 5.11. The first kappa shape index (κ1) is 11.1. The molecule has 0 aromatic carbocycles. The highest BCUT2D eigenvalue weighted by atomic mass is 16.2. The molecule has 6 heteroatoms. The summed E-state index contributed by atoms with van der Waals surface area (Å²) in [7, 11) is 1.42. The van der Waals surface area contributed by atoms with Gasteiger partial charge in [-0.3, -0.25) is 19.3 Å². The Kier molecular flexibility index (Phi) is 3.04. The first-order valence-electron chi connectivity index (χ1n) is 5.11. The van der Waals surface area contributed by atoms with Gasteiger partial charge in [-0.25, -0.2) is 4.79 Å². The van der Waals surface area contributed by atoms with Crippen LogP contribution in [0.4, 0.5) is 5.82 Å². The first-order chi connectivity index (χ1) is 8.16. The normalized spacial score (nSPS) is 10.2. The lowest BCUT2D eigenvalue weighted by Gasteiger charge is -2.05. The maximum atomic E-state index is 11.4. The molecule has 2 heterocycles. The van der Waals surface area contributed by atoms with Crippen molar-refractivity contribution >= 4 is 5.82 Å². The Morgan fingerprint density at radius 2 is 2.24 bits per heavy atom. The third kappa shape index (κ3) is 2.60. The summed E-state index contributed by atoms with van der Waals surface area (Å²) in [5, 5.41) is 2.94. The average Bonchev–Trinajstić information content (AvgIpc) is 2.34. The standard InChI is InChI=1S/C11H12N4O2/c1-15-10(16)6-9(14-11(15)17)13-7-8-4-2-3-5-12-8/h2-6,13H,7H2,1H3,(H,14,17). The molecule has 0 atom stereocenters. The van der Waals surface area contributed by atoms with Gasteiger partial charge in [0, 0.05) is 19.3 Å². The molecule has 0 radical (unpaired) electrons. The van der Waals surface area contributed by atoms with Crippen molar-refractivity contribution in [3.63, 3.8) is 0 Å². The molecule has 2 rings (SSSR count). The van der Waals surface area contributed by atoms with Crippen molar-refractivity contribution in [2.75, 3.05) is 5.32 Å². The maximum absolute atomic E-state index is 11.4. The largest absolute Gasteiger partial charge is 0.366 e. The molecule has 0 aliphatic rings. The lowest BCUT2D eigenvalue weighted by molar-refractivity contribution is 0.775. The van der Waals surface area contributed by atoms with Gasteiger partial charge in [-0.1, -0.05) is 6.07 Å². The van der Waals surface area contributed by atoms with Crippen LogP contribution in [0.15, 0.2) is 40.1 Å². The summed E-state index contributed by atoms with van der Waals surface area (Å²) in [4.78, 5) is 29.4. The van der Waals surface area contributed by atoms with Crippen molar-refractivity contribution in [3.05, 3.63) is 57.0 Å². The second-order valence-electron chi connectivity index (χ2n) is 3.56. The monoisotopic (exact) mass is 232 g/mol. The van der Waals surface area contributed by atoms with E-state index in [1.807, 2.05) is 18.2 Å². The highest BCUT2D eigenvalue weighted by Crippen LogP contribution is 1.99. The second kappa shape index (κ2) is 4.65. The minimum atomic E-state index is -0.443. The molecule has 17 heavy (non-hydrogen) atoms. The molecule has 0 unspecified atom stereocenters. The number of H-pyrrole nitrogens is 1. The molecule has 2 aromatic rings. The Bertz CT molecular complexity index is 584. The molecule has 0 aliphatic carbocycles.